The van der Waals surface area contributed by atoms with Crippen molar-refractivity contribution in [1.82, 2.24) is 9.38 Å². The summed E-state index contributed by atoms with van der Waals surface area (Å²) in [5, 5.41) is 9.57. The van der Waals surface area contributed by atoms with Crippen molar-refractivity contribution in [3.63, 3.8) is 0 Å². The molecule has 0 amide bonds. The van der Waals surface area contributed by atoms with Crippen molar-refractivity contribution in [3.05, 3.63) is 59.4 Å². The summed E-state index contributed by atoms with van der Waals surface area (Å²) < 4.78 is 1.68. The molecule has 0 bridgehead atoms. The molecule has 1 N–H and O–H groups in total. The van der Waals surface area contributed by atoms with Crippen LogP contribution in [0.4, 0.5) is 0 Å². The van der Waals surface area contributed by atoms with Crippen LogP contribution in [0.1, 0.15) is 10.4 Å². The van der Waals surface area contributed by atoms with Gasteiger partial charge in [-0.2, -0.15) is 0 Å². The van der Waals surface area contributed by atoms with E-state index in [0.29, 0.717) is 16.4 Å². The fourth-order valence-corrected chi connectivity index (χ4v) is 2.15. The summed E-state index contributed by atoms with van der Waals surface area (Å²) in [6, 6.07) is 10.6. The number of aromatic nitrogens is 2. The Labute approximate surface area is 113 Å². The number of rotatable bonds is 2. The van der Waals surface area contributed by atoms with Crippen molar-refractivity contribution in [2.45, 2.75) is 0 Å². The number of benzene rings is 1. The van der Waals surface area contributed by atoms with Crippen LogP contribution in [0, 0.1) is 0 Å². The maximum absolute atomic E-state index is 10.9. The van der Waals surface area contributed by atoms with E-state index in [9.17, 15) is 4.79 Å². The largest absolute Gasteiger partial charge is 0.478 e. The molecular weight excluding hydrogens is 264 g/mol. The molecule has 0 atom stereocenters. The summed E-state index contributed by atoms with van der Waals surface area (Å²) in [6.07, 6.45) is 3.30. The first-order valence-corrected chi connectivity index (χ1v) is 6.00. The number of halogens is 1. The number of carboxylic acid groups (broad SMARTS) is 1. The minimum absolute atomic E-state index is 0.218. The maximum atomic E-state index is 10.9. The topological polar surface area (TPSA) is 54.6 Å². The Morgan fingerprint density at radius 1 is 1.16 bits per heavy atom. The molecule has 94 valence electrons. The number of fused-ring (bicyclic) bond motifs is 1. The highest BCUT2D eigenvalue weighted by atomic mass is 35.5. The van der Waals surface area contributed by atoms with Crippen molar-refractivity contribution in [2.75, 3.05) is 0 Å². The van der Waals surface area contributed by atoms with Gasteiger partial charge in [-0.25, -0.2) is 9.78 Å². The Bertz CT molecular complexity index is 780. The standard InChI is InChI=1S/C14H9ClN2O2/c15-11-4-2-1-3-10(11)12-8-17-7-9(14(18)19)5-6-13(17)16-12/h1-8H,(H,18,19). The van der Waals surface area contributed by atoms with Crippen LogP contribution in [-0.4, -0.2) is 20.5 Å². The number of hydrogen-bond acceptors (Lipinski definition) is 2. The third kappa shape index (κ3) is 2.06. The molecule has 19 heavy (non-hydrogen) atoms. The Hall–Kier alpha value is -2.33. The molecule has 0 radical (unpaired) electrons. The van der Waals surface area contributed by atoms with E-state index in [1.54, 1.807) is 22.7 Å². The highest BCUT2D eigenvalue weighted by Gasteiger charge is 2.09. The van der Waals surface area contributed by atoms with Gasteiger partial charge in [0, 0.05) is 18.0 Å². The fraction of sp³-hybridized carbons (Fsp3) is 0. The highest BCUT2D eigenvalue weighted by Crippen LogP contribution is 2.26. The first kappa shape index (κ1) is 11.7. The molecule has 0 aliphatic heterocycles. The van der Waals surface area contributed by atoms with Crippen molar-refractivity contribution in [2.24, 2.45) is 0 Å². The van der Waals surface area contributed by atoms with Crippen LogP contribution in [0.3, 0.4) is 0 Å². The molecule has 0 aliphatic carbocycles. The Balaban J connectivity index is 2.17. The molecule has 0 fully saturated rings. The smallest absolute Gasteiger partial charge is 0.337 e. The molecule has 0 aliphatic rings. The third-order valence-corrected chi connectivity index (χ3v) is 3.18. The number of carbonyl (C=O) groups is 1. The van der Waals surface area contributed by atoms with Gasteiger partial charge in [-0.3, -0.25) is 0 Å². The van der Waals surface area contributed by atoms with Gasteiger partial charge in [-0.1, -0.05) is 29.8 Å². The van der Waals surface area contributed by atoms with Crippen LogP contribution in [-0.2, 0) is 0 Å². The summed E-state index contributed by atoms with van der Waals surface area (Å²) in [4.78, 5) is 15.4. The van der Waals surface area contributed by atoms with E-state index in [1.165, 1.54) is 12.3 Å². The second kappa shape index (κ2) is 4.40. The van der Waals surface area contributed by atoms with E-state index < -0.39 is 5.97 Å². The summed E-state index contributed by atoms with van der Waals surface area (Å²) in [6.45, 7) is 0. The van der Waals surface area contributed by atoms with Gasteiger partial charge in [0.05, 0.1) is 16.3 Å². The van der Waals surface area contributed by atoms with Crippen molar-refractivity contribution >= 4 is 23.2 Å². The predicted octanol–water partition coefficient (Wildman–Crippen LogP) is 3.35. The highest BCUT2D eigenvalue weighted by molar-refractivity contribution is 6.33. The number of carboxylic acids is 1. The predicted molar refractivity (Wildman–Crippen MR) is 72.6 cm³/mol. The lowest BCUT2D eigenvalue weighted by molar-refractivity contribution is 0.0696. The Morgan fingerprint density at radius 3 is 2.68 bits per heavy atom. The third-order valence-electron chi connectivity index (χ3n) is 2.85. The van der Waals surface area contributed by atoms with Gasteiger partial charge in [0.1, 0.15) is 5.65 Å². The molecule has 0 saturated carbocycles. The normalized spacial score (nSPS) is 10.8. The van der Waals surface area contributed by atoms with Crippen molar-refractivity contribution in [1.29, 1.82) is 0 Å². The summed E-state index contributed by atoms with van der Waals surface area (Å²) in [5.41, 5.74) is 2.44. The number of imidazole rings is 1. The molecule has 2 heterocycles. The number of nitrogens with zero attached hydrogens (tertiary/aromatic N) is 2. The number of pyridine rings is 1. The van der Waals surface area contributed by atoms with Crippen molar-refractivity contribution < 1.29 is 9.90 Å². The second-order valence-electron chi connectivity index (χ2n) is 4.09. The first-order valence-electron chi connectivity index (χ1n) is 5.62. The maximum Gasteiger partial charge on any atom is 0.337 e. The molecular formula is C14H9ClN2O2. The molecule has 3 aromatic rings. The lowest BCUT2D eigenvalue weighted by atomic mass is 10.2. The molecule has 3 rings (SSSR count). The Morgan fingerprint density at radius 2 is 1.95 bits per heavy atom. The van der Waals surface area contributed by atoms with E-state index in [4.69, 9.17) is 16.7 Å². The minimum Gasteiger partial charge on any atom is -0.478 e. The van der Waals surface area contributed by atoms with Gasteiger partial charge in [0.25, 0.3) is 0 Å². The molecule has 5 heteroatoms. The SMILES string of the molecule is O=C(O)c1ccc2nc(-c3ccccc3Cl)cn2c1. The van der Waals surface area contributed by atoms with Crippen LogP contribution < -0.4 is 0 Å². The minimum atomic E-state index is -0.963. The molecule has 2 aromatic heterocycles. The monoisotopic (exact) mass is 272 g/mol. The van der Waals surface area contributed by atoms with E-state index in [1.807, 2.05) is 18.2 Å². The van der Waals surface area contributed by atoms with E-state index in [2.05, 4.69) is 4.98 Å². The van der Waals surface area contributed by atoms with E-state index >= 15 is 0 Å². The van der Waals surface area contributed by atoms with Crippen LogP contribution in [0.2, 0.25) is 5.02 Å². The van der Waals surface area contributed by atoms with Gasteiger partial charge in [-0.15, -0.1) is 0 Å². The molecule has 0 spiro atoms. The molecule has 4 nitrogen and oxygen atoms in total. The van der Waals surface area contributed by atoms with Crippen molar-refractivity contribution in [3.8, 4) is 11.3 Å². The van der Waals surface area contributed by atoms with Crippen LogP contribution >= 0.6 is 11.6 Å². The zero-order valence-electron chi connectivity index (χ0n) is 9.75. The van der Waals surface area contributed by atoms with Gasteiger partial charge in [0.15, 0.2) is 0 Å². The van der Waals surface area contributed by atoms with Gasteiger partial charge in [-0.05, 0) is 18.2 Å². The van der Waals surface area contributed by atoms with Gasteiger partial charge < -0.3 is 9.51 Å². The van der Waals surface area contributed by atoms with Gasteiger partial charge >= 0.3 is 5.97 Å². The van der Waals surface area contributed by atoms with Crippen LogP contribution in [0.15, 0.2) is 48.8 Å². The zero-order chi connectivity index (χ0) is 13.4. The quantitative estimate of drug-likeness (QED) is 0.778. The fourth-order valence-electron chi connectivity index (χ4n) is 1.92. The van der Waals surface area contributed by atoms with E-state index in [0.717, 1.165) is 5.56 Å². The number of aromatic carboxylic acids is 1. The average molecular weight is 273 g/mol. The average Bonchev–Trinajstić information content (AvgIpc) is 2.81. The lowest BCUT2D eigenvalue weighted by Crippen LogP contribution is -1.97. The lowest BCUT2D eigenvalue weighted by Gasteiger charge is -1.97. The first-order chi connectivity index (χ1) is 9.15. The summed E-state index contributed by atoms with van der Waals surface area (Å²) >= 11 is 6.12. The van der Waals surface area contributed by atoms with Crippen LogP contribution in [0.5, 0.6) is 0 Å². The van der Waals surface area contributed by atoms with Gasteiger partial charge in [0.2, 0.25) is 0 Å². The summed E-state index contributed by atoms with van der Waals surface area (Å²) in [7, 11) is 0. The molecule has 0 saturated heterocycles. The second-order valence-corrected chi connectivity index (χ2v) is 4.50. The Kier molecular flexibility index (Phi) is 2.72. The van der Waals surface area contributed by atoms with Crippen LogP contribution in [0.25, 0.3) is 16.9 Å². The molecule has 0 unspecified atom stereocenters. The zero-order valence-corrected chi connectivity index (χ0v) is 10.5. The molecule has 1 aromatic carbocycles. The number of hydrogen-bond donors (Lipinski definition) is 1. The van der Waals surface area contributed by atoms with E-state index in [-0.39, 0.29) is 5.56 Å². The summed E-state index contributed by atoms with van der Waals surface area (Å²) in [5.74, 6) is -0.963.